The van der Waals surface area contributed by atoms with Gasteiger partial charge in [0.05, 0.1) is 5.75 Å². The molecule has 8 heteroatoms. The lowest BCUT2D eigenvalue weighted by Gasteiger charge is -1.89. The van der Waals surface area contributed by atoms with Crippen LogP contribution in [0.3, 0.4) is 0 Å². The number of fused-ring (bicyclic) bond motifs is 1. The summed E-state index contributed by atoms with van der Waals surface area (Å²) in [4.78, 5) is 12.7. The van der Waals surface area contributed by atoms with E-state index in [0.29, 0.717) is 22.6 Å². The average molecular weight is 276 g/mol. The Balaban J connectivity index is 1.67. The Labute approximate surface area is 113 Å². The molecule has 0 bridgehead atoms. The van der Waals surface area contributed by atoms with Gasteiger partial charge in [0, 0.05) is 18.8 Å². The smallest absolute Gasteiger partial charge is 0.253 e. The molecule has 0 aromatic carbocycles. The molecule has 19 heavy (non-hydrogen) atoms. The molecule has 0 fully saturated rings. The minimum Gasteiger partial charge on any atom is -0.338 e. The van der Waals surface area contributed by atoms with Gasteiger partial charge < -0.3 is 4.52 Å². The molecule has 0 atom stereocenters. The Bertz CT molecular complexity index is 645. The molecular formula is C11H12N6OS. The van der Waals surface area contributed by atoms with E-state index in [1.807, 2.05) is 12.3 Å². The molecule has 0 saturated carbocycles. The molecule has 3 rings (SSSR count). The first kappa shape index (κ1) is 12.1. The summed E-state index contributed by atoms with van der Waals surface area (Å²) in [5.41, 5.74) is 0. The molecule has 0 N–H and O–H groups in total. The third-order valence-corrected chi connectivity index (χ3v) is 3.23. The molecule has 0 radical (unpaired) electrons. The Kier molecular flexibility index (Phi) is 3.41. The summed E-state index contributed by atoms with van der Waals surface area (Å²) in [5.74, 6) is 2.50. The van der Waals surface area contributed by atoms with Crippen LogP contribution >= 0.6 is 11.8 Å². The number of hydrogen-bond donors (Lipinski definition) is 0. The van der Waals surface area contributed by atoms with Crippen LogP contribution in [-0.2, 0) is 12.2 Å². The van der Waals surface area contributed by atoms with Gasteiger partial charge in [-0.05, 0) is 12.5 Å². The summed E-state index contributed by atoms with van der Waals surface area (Å²) in [6.07, 6.45) is 5.34. The minimum atomic E-state index is 0.563. The SMILES string of the molecule is CCCc1noc(CSc2nc3ncccn3n2)n1. The predicted molar refractivity (Wildman–Crippen MR) is 68.6 cm³/mol. The van der Waals surface area contributed by atoms with Crippen molar-refractivity contribution in [3.05, 3.63) is 30.2 Å². The second kappa shape index (κ2) is 5.35. The molecule has 3 aromatic heterocycles. The van der Waals surface area contributed by atoms with Gasteiger partial charge in [-0.2, -0.15) is 9.97 Å². The van der Waals surface area contributed by atoms with Crippen molar-refractivity contribution >= 4 is 17.5 Å². The number of aromatic nitrogens is 6. The van der Waals surface area contributed by atoms with Gasteiger partial charge in [0.2, 0.25) is 11.0 Å². The van der Waals surface area contributed by atoms with Crippen LogP contribution in [-0.4, -0.2) is 29.7 Å². The minimum absolute atomic E-state index is 0.563. The summed E-state index contributed by atoms with van der Waals surface area (Å²) in [7, 11) is 0. The molecule has 0 aliphatic rings. The normalized spacial score (nSPS) is 11.2. The Morgan fingerprint density at radius 3 is 3.16 bits per heavy atom. The topological polar surface area (TPSA) is 82.0 Å². The molecule has 0 aliphatic carbocycles. The molecular weight excluding hydrogens is 264 g/mol. The largest absolute Gasteiger partial charge is 0.338 e. The monoisotopic (exact) mass is 276 g/mol. The van der Waals surface area contributed by atoms with E-state index in [0.717, 1.165) is 18.7 Å². The standard InChI is InChI=1S/C11H12N6OS/c1-2-4-8-13-9(18-16-8)7-19-11-14-10-12-5-3-6-17(10)15-11/h3,5-6H,2,4,7H2,1H3. The fraction of sp³-hybridized carbons (Fsp3) is 0.364. The van der Waals surface area contributed by atoms with Crippen molar-refractivity contribution in [3.63, 3.8) is 0 Å². The molecule has 3 heterocycles. The predicted octanol–water partition coefficient (Wildman–Crippen LogP) is 1.75. The van der Waals surface area contributed by atoms with Gasteiger partial charge in [-0.1, -0.05) is 23.8 Å². The number of rotatable bonds is 5. The van der Waals surface area contributed by atoms with Gasteiger partial charge in [-0.25, -0.2) is 9.50 Å². The highest BCUT2D eigenvalue weighted by atomic mass is 32.2. The van der Waals surface area contributed by atoms with E-state index in [9.17, 15) is 0 Å². The lowest BCUT2D eigenvalue weighted by Crippen LogP contribution is -1.88. The van der Waals surface area contributed by atoms with Crippen LogP contribution in [0.2, 0.25) is 0 Å². The second-order valence-corrected chi connectivity index (χ2v) is 4.84. The first-order chi connectivity index (χ1) is 9.35. The first-order valence-electron chi connectivity index (χ1n) is 5.97. The van der Waals surface area contributed by atoms with Crippen molar-refractivity contribution in [1.29, 1.82) is 0 Å². The molecule has 0 saturated heterocycles. The maximum atomic E-state index is 5.15. The van der Waals surface area contributed by atoms with Crippen LogP contribution in [0.15, 0.2) is 28.1 Å². The second-order valence-electron chi connectivity index (χ2n) is 3.90. The summed E-state index contributed by atoms with van der Waals surface area (Å²) in [6.45, 7) is 2.08. The van der Waals surface area contributed by atoms with Gasteiger partial charge >= 0.3 is 0 Å². The van der Waals surface area contributed by atoms with E-state index < -0.39 is 0 Å². The molecule has 7 nitrogen and oxygen atoms in total. The fourth-order valence-corrected chi connectivity index (χ4v) is 2.24. The Morgan fingerprint density at radius 1 is 1.37 bits per heavy atom. The third kappa shape index (κ3) is 2.73. The Morgan fingerprint density at radius 2 is 2.32 bits per heavy atom. The van der Waals surface area contributed by atoms with Crippen molar-refractivity contribution in [1.82, 2.24) is 29.7 Å². The van der Waals surface area contributed by atoms with Crippen LogP contribution in [0.4, 0.5) is 0 Å². The Hall–Kier alpha value is -1.96. The summed E-state index contributed by atoms with van der Waals surface area (Å²) in [6, 6.07) is 1.81. The number of hydrogen-bond acceptors (Lipinski definition) is 7. The summed E-state index contributed by atoms with van der Waals surface area (Å²) >= 11 is 1.45. The van der Waals surface area contributed by atoms with Gasteiger partial charge in [0.25, 0.3) is 5.78 Å². The fourth-order valence-electron chi connectivity index (χ4n) is 1.58. The highest BCUT2D eigenvalue weighted by Gasteiger charge is 2.09. The highest BCUT2D eigenvalue weighted by molar-refractivity contribution is 7.98. The van der Waals surface area contributed by atoms with Crippen LogP contribution in [0, 0.1) is 0 Å². The lowest BCUT2D eigenvalue weighted by molar-refractivity contribution is 0.384. The molecule has 0 amide bonds. The lowest BCUT2D eigenvalue weighted by atomic mass is 10.3. The quantitative estimate of drug-likeness (QED) is 0.656. The van der Waals surface area contributed by atoms with Gasteiger partial charge in [0.15, 0.2) is 5.82 Å². The van der Waals surface area contributed by atoms with Gasteiger partial charge in [-0.15, -0.1) is 5.10 Å². The molecule has 0 spiro atoms. The number of aryl methyl sites for hydroxylation is 1. The van der Waals surface area contributed by atoms with E-state index in [-0.39, 0.29) is 0 Å². The van der Waals surface area contributed by atoms with Crippen LogP contribution in [0.1, 0.15) is 25.1 Å². The first-order valence-corrected chi connectivity index (χ1v) is 6.95. The zero-order valence-electron chi connectivity index (χ0n) is 10.4. The van der Waals surface area contributed by atoms with Gasteiger partial charge in [-0.3, -0.25) is 0 Å². The van der Waals surface area contributed by atoms with Crippen LogP contribution in [0.25, 0.3) is 5.78 Å². The van der Waals surface area contributed by atoms with Crippen LogP contribution < -0.4 is 0 Å². The summed E-state index contributed by atoms with van der Waals surface area (Å²) < 4.78 is 6.79. The van der Waals surface area contributed by atoms with Crippen molar-refractivity contribution in [2.24, 2.45) is 0 Å². The maximum absolute atomic E-state index is 5.15. The number of nitrogens with zero attached hydrogens (tertiary/aromatic N) is 6. The molecule has 0 aliphatic heterocycles. The van der Waals surface area contributed by atoms with Crippen molar-refractivity contribution in [2.45, 2.75) is 30.7 Å². The molecule has 3 aromatic rings. The van der Waals surface area contributed by atoms with E-state index >= 15 is 0 Å². The molecule has 0 unspecified atom stereocenters. The van der Waals surface area contributed by atoms with Crippen molar-refractivity contribution < 1.29 is 4.52 Å². The van der Waals surface area contributed by atoms with E-state index in [4.69, 9.17) is 4.52 Å². The number of thioether (sulfide) groups is 1. The van der Waals surface area contributed by atoms with Crippen LogP contribution in [0.5, 0.6) is 0 Å². The third-order valence-electron chi connectivity index (χ3n) is 2.41. The average Bonchev–Trinajstić information content (AvgIpc) is 3.02. The summed E-state index contributed by atoms with van der Waals surface area (Å²) in [5, 5.41) is 8.84. The van der Waals surface area contributed by atoms with E-state index in [1.54, 1.807) is 10.7 Å². The van der Waals surface area contributed by atoms with E-state index in [1.165, 1.54) is 11.8 Å². The molecule has 98 valence electrons. The van der Waals surface area contributed by atoms with Gasteiger partial charge in [0.1, 0.15) is 0 Å². The zero-order chi connectivity index (χ0) is 13.1. The highest BCUT2D eigenvalue weighted by Crippen LogP contribution is 2.18. The van der Waals surface area contributed by atoms with Crippen molar-refractivity contribution in [3.8, 4) is 0 Å². The zero-order valence-corrected chi connectivity index (χ0v) is 11.2. The maximum Gasteiger partial charge on any atom is 0.253 e. The van der Waals surface area contributed by atoms with Crippen molar-refractivity contribution in [2.75, 3.05) is 0 Å². The van der Waals surface area contributed by atoms with E-state index in [2.05, 4.69) is 32.1 Å².